The molecule has 0 saturated carbocycles. The van der Waals surface area contributed by atoms with Gasteiger partial charge in [-0.05, 0) is 0 Å². The lowest BCUT2D eigenvalue weighted by Crippen LogP contribution is -2.30. The molecule has 32 valence electrons. The minimum absolute atomic E-state index is 1.65. The molecule has 0 unspecified atom stereocenters. The lowest BCUT2D eigenvalue weighted by atomic mass is 11.5. The Balaban J connectivity index is 2.19. The van der Waals surface area contributed by atoms with Crippen LogP contribution < -0.4 is 16.9 Å². The molecule has 0 aliphatic rings. The van der Waals surface area contributed by atoms with Gasteiger partial charge in [-0.15, -0.1) is 5.59 Å². The summed E-state index contributed by atoms with van der Waals surface area (Å²) in [5.74, 6) is 4.47. The minimum atomic E-state index is 1.65. The van der Waals surface area contributed by atoms with Gasteiger partial charge in [0.2, 0.25) is 0 Å². The van der Waals surface area contributed by atoms with Crippen LogP contribution >= 0.6 is 0 Å². The Morgan fingerprint density at radius 1 is 1.80 bits per heavy atom. The minimum Gasteiger partial charge on any atom is -0.236 e. The maximum Gasteiger partial charge on any atom is 0.000778 e. The van der Waals surface area contributed by atoms with Gasteiger partial charge in [-0.2, -0.15) is 5.90 Å². The second kappa shape index (κ2) is 3.84. The van der Waals surface area contributed by atoms with Gasteiger partial charge in [0.05, 0.1) is 0 Å². The van der Waals surface area contributed by atoms with Crippen molar-refractivity contribution in [1.82, 2.24) is 11.0 Å². The Hall–Kier alpha value is -0.160. The van der Waals surface area contributed by atoms with Crippen LogP contribution in [0.2, 0.25) is 0 Å². The molecule has 0 amide bonds. The van der Waals surface area contributed by atoms with E-state index in [1.807, 2.05) is 0 Å². The SMILES string of the molecule is CNNON. The van der Waals surface area contributed by atoms with Crippen LogP contribution in [0.1, 0.15) is 0 Å². The van der Waals surface area contributed by atoms with E-state index in [-0.39, 0.29) is 0 Å². The van der Waals surface area contributed by atoms with Crippen molar-refractivity contribution < 1.29 is 4.94 Å². The number of hydrogen-bond donors (Lipinski definition) is 3. The molecule has 0 saturated heterocycles. The van der Waals surface area contributed by atoms with Crippen molar-refractivity contribution in [1.29, 1.82) is 0 Å². The highest BCUT2D eigenvalue weighted by Gasteiger charge is 1.57. The average Bonchev–Trinajstić information content (AvgIpc) is 1.41. The first kappa shape index (κ1) is 4.84. The van der Waals surface area contributed by atoms with E-state index in [9.17, 15) is 0 Å². The molecule has 0 aliphatic heterocycles. The number of rotatable bonds is 2. The Kier molecular flexibility index (Phi) is 3.72. The van der Waals surface area contributed by atoms with Gasteiger partial charge < -0.3 is 0 Å². The summed E-state index contributed by atoms with van der Waals surface area (Å²) < 4.78 is 0. The molecule has 0 radical (unpaired) electrons. The predicted octanol–water partition coefficient (Wildman–Crippen LogP) is -1.48. The predicted molar refractivity (Wildman–Crippen MR) is 17.5 cm³/mol. The van der Waals surface area contributed by atoms with Crippen molar-refractivity contribution in [2.24, 2.45) is 5.90 Å². The van der Waals surface area contributed by atoms with E-state index in [0.717, 1.165) is 0 Å². The summed E-state index contributed by atoms with van der Waals surface area (Å²) >= 11 is 0. The van der Waals surface area contributed by atoms with Gasteiger partial charge >= 0.3 is 0 Å². The molecule has 0 bridgehead atoms. The van der Waals surface area contributed by atoms with Crippen LogP contribution in [0.5, 0.6) is 0 Å². The van der Waals surface area contributed by atoms with Crippen molar-refractivity contribution in [3.8, 4) is 0 Å². The van der Waals surface area contributed by atoms with Gasteiger partial charge in [0.25, 0.3) is 0 Å². The van der Waals surface area contributed by atoms with Gasteiger partial charge in [-0.1, -0.05) is 0 Å². The Morgan fingerprint density at radius 2 is 2.40 bits per heavy atom. The Morgan fingerprint density at radius 3 is 2.40 bits per heavy atom. The van der Waals surface area contributed by atoms with Crippen LogP contribution in [0.4, 0.5) is 0 Å². The third kappa shape index (κ3) is 3.84. The van der Waals surface area contributed by atoms with Gasteiger partial charge in [0.1, 0.15) is 0 Å². The van der Waals surface area contributed by atoms with Crippen molar-refractivity contribution in [3.63, 3.8) is 0 Å². The zero-order valence-electron chi connectivity index (χ0n) is 2.99. The van der Waals surface area contributed by atoms with Crippen LogP contribution in [0, 0.1) is 0 Å². The molecule has 5 heavy (non-hydrogen) atoms. The summed E-state index contributed by atoms with van der Waals surface area (Å²) in [5, 5.41) is 0. The third-order valence-corrected chi connectivity index (χ3v) is 0.161. The molecule has 0 aromatic carbocycles. The highest BCUT2D eigenvalue weighted by molar-refractivity contribution is 3.87. The topological polar surface area (TPSA) is 59.3 Å². The number of hydrazine groups is 1. The molecule has 0 heterocycles. The highest BCUT2D eigenvalue weighted by atomic mass is 16.8. The van der Waals surface area contributed by atoms with Crippen LogP contribution in [0.25, 0.3) is 0 Å². The summed E-state index contributed by atoms with van der Waals surface area (Å²) in [6, 6.07) is 0. The molecule has 0 spiro atoms. The summed E-state index contributed by atoms with van der Waals surface area (Å²) in [6.07, 6.45) is 0. The second-order valence-electron chi connectivity index (χ2n) is 0.470. The first-order chi connectivity index (χ1) is 2.41. The lowest BCUT2D eigenvalue weighted by molar-refractivity contribution is 0.0156. The first-order valence-electron chi connectivity index (χ1n) is 1.19. The van der Waals surface area contributed by atoms with Crippen molar-refractivity contribution >= 4 is 0 Å². The standard InChI is InChI=1S/CH7N3O/c1-3-4-5-2/h3-4H,2H2,1H3. The fourth-order valence-electron chi connectivity index (χ4n) is 0.0589. The lowest BCUT2D eigenvalue weighted by Gasteiger charge is -1.90. The van der Waals surface area contributed by atoms with Gasteiger partial charge in [0, 0.05) is 7.05 Å². The summed E-state index contributed by atoms with van der Waals surface area (Å²) in [6.45, 7) is 0. The van der Waals surface area contributed by atoms with Crippen LogP contribution in [0.3, 0.4) is 0 Å². The molecule has 0 aromatic heterocycles. The monoisotopic (exact) mass is 77.1 g/mol. The van der Waals surface area contributed by atoms with E-state index in [1.165, 1.54) is 0 Å². The number of hydrogen-bond acceptors (Lipinski definition) is 4. The molecular formula is CH7N3O. The smallest absolute Gasteiger partial charge is 0.000778 e. The summed E-state index contributed by atoms with van der Waals surface area (Å²) in [5.41, 5.74) is 4.56. The third-order valence-electron chi connectivity index (χ3n) is 0.161. The number of nitrogens with one attached hydrogen (secondary N) is 2. The molecule has 0 aromatic rings. The molecular weight excluding hydrogens is 70.0 g/mol. The normalized spacial score (nSPS) is 8.40. The molecule has 4 heteroatoms. The second-order valence-corrected chi connectivity index (χ2v) is 0.470. The highest BCUT2D eigenvalue weighted by Crippen LogP contribution is 1.24. The van der Waals surface area contributed by atoms with Crippen molar-refractivity contribution in [2.75, 3.05) is 7.05 Å². The summed E-state index contributed by atoms with van der Waals surface area (Å²) in [7, 11) is 1.65. The number of nitrogens with two attached hydrogens (primary N) is 1. The summed E-state index contributed by atoms with van der Waals surface area (Å²) in [4.78, 5) is 3.83. The van der Waals surface area contributed by atoms with Crippen LogP contribution in [-0.2, 0) is 4.94 Å². The van der Waals surface area contributed by atoms with E-state index in [4.69, 9.17) is 0 Å². The fourth-order valence-corrected chi connectivity index (χ4v) is 0.0589. The molecule has 0 fully saturated rings. The fraction of sp³-hybridized carbons (Fsp3) is 1.00. The largest absolute Gasteiger partial charge is 0.236 e. The van der Waals surface area contributed by atoms with E-state index in [1.54, 1.807) is 7.05 Å². The van der Waals surface area contributed by atoms with Gasteiger partial charge in [-0.3, -0.25) is 0 Å². The van der Waals surface area contributed by atoms with Crippen molar-refractivity contribution in [3.05, 3.63) is 0 Å². The molecule has 4 nitrogen and oxygen atoms in total. The zero-order chi connectivity index (χ0) is 4.12. The van der Waals surface area contributed by atoms with Crippen molar-refractivity contribution in [2.45, 2.75) is 0 Å². The maximum absolute atomic E-state index is 4.47. The first-order valence-corrected chi connectivity index (χ1v) is 1.19. The van der Waals surface area contributed by atoms with Gasteiger partial charge in [-0.25, -0.2) is 10.4 Å². The molecule has 4 N–H and O–H groups in total. The Bertz CT molecular complexity index is 14.4. The van der Waals surface area contributed by atoms with E-state index < -0.39 is 0 Å². The molecule has 0 rings (SSSR count). The maximum atomic E-state index is 4.47. The van der Waals surface area contributed by atoms with E-state index >= 15 is 0 Å². The zero-order valence-corrected chi connectivity index (χ0v) is 2.99. The van der Waals surface area contributed by atoms with Gasteiger partial charge in [0.15, 0.2) is 0 Å². The average molecular weight is 77.1 g/mol. The Labute approximate surface area is 30.2 Å². The molecule has 0 atom stereocenters. The van der Waals surface area contributed by atoms with E-state index in [2.05, 4.69) is 21.9 Å². The molecule has 0 aliphatic carbocycles. The van der Waals surface area contributed by atoms with Crippen LogP contribution in [0.15, 0.2) is 0 Å². The van der Waals surface area contributed by atoms with E-state index in [0.29, 0.717) is 0 Å². The van der Waals surface area contributed by atoms with Crippen LogP contribution in [-0.4, -0.2) is 7.05 Å². The quantitative estimate of drug-likeness (QED) is 0.352.